The summed E-state index contributed by atoms with van der Waals surface area (Å²) in [4.78, 5) is 10.8. The molecule has 0 heterocycles. The lowest BCUT2D eigenvalue weighted by atomic mass is 10.3. The van der Waals surface area contributed by atoms with E-state index in [1.54, 1.807) is 6.08 Å². The van der Waals surface area contributed by atoms with E-state index in [2.05, 4.69) is 0 Å². The van der Waals surface area contributed by atoms with Crippen LogP contribution in [0.5, 0.6) is 0 Å². The second kappa shape index (κ2) is 8.05. The molecule has 0 fully saturated rings. The van der Waals surface area contributed by atoms with Gasteiger partial charge in [0.25, 0.3) is 0 Å². The molecule has 2 heteroatoms. The van der Waals surface area contributed by atoms with Crippen molar-refractivity contribution in [3.63, 3.8) is 0 Å². The van der Waals surface area contributed by atoms with Crippen molar-refractivity contribution in [2.45, 2.75) is 33.1 Å². The van der Waals surface area contributed by atoms with Gasteiger partial charge in [0.2, 0.25) is 0 Å². The monoisotopic (exact) mass is 168 g/mol. The van der Waals surface area contributed by atoms with Crippen molar-refractivity contribution in [3.05, 3.63) is 24.5 Å². The molecule has 0 aliphatic carbocycles. The van der Waals surface area contributed by atoms with Crippen molar-refractivity contribution in [1.29, 1.82) is 0 Å². The molecular formula is C10H16O2. The van der Waals surface area contributed by atoms with Crippen LogP contribution in [-0.4, -0.2) is 5.97 Å². The Balaban J connectivity index is 3.46. The molecule has 0 aromatic rings. The first-order valence-electron chi connectivity index (χ1n) is 4.32. The Bertz CT molecular complexity index is 169. The highest BCUT2D eigenvalue weighted by Crippen LogP contribution is 1.92. The molecule has 12 heavy (non-hydrogen) atoms. The molecule has 68 valence electrons. The summed E-state index contributed by atoms with van der Waals surface area (Å²) in [5.41, 5.74) is 0. The van der Waals surface area contributed by atoms with Gasteiger partial charge in [-0.25, -0.2) is 0 Å². The number of esters is 1. The van der Waals surface area contributed by atoms with Crippen LogP contribution in [0, 0.1) is 0 Å². The summed E-state index contributed by atoms with van der Waals surface area (Å²) in [6.07, 6.45) is 9.30. The molecule has 0 rings (SSSR count). The predicted molar refractivity (Wildman–Crippen MR) is 49.6 cm³/mol. The van der Waals surface area contributed by atoms with E-state index < -0.39 is 0 Å². The Morgan fingerprint density at radius 1 is 1.33 bits per heavy atom. The minimum atomic E-state index is -0.168. The third kappa shape index (κ3) is 7.06. The predicted octanol–water partition coefficient (Wildman–Crippen LogP) is 2.81. The lowest BCUT2D eigenvalue weighted by Crippen LogP contribution is -1.97. The Labute approximate surface area is 73.9 Å². The lowest BCUT2D eigenvalue weighted by molar-refractivity contribution is -0.138. The zero-order valence-corrected chi connectivity index (χ0v) is 7.75. The van der Waals surface area contributed by atoms with Gasteiger partial charge >= 0.3 is 5.97 Å². The van der Waals surface area contributed by atoms with E-state index >= 15 is 0 Å². The number of carbonyl (C=O) groups excluding carboxylic acids is 1. The Kier molecular flexibility index (Phi) is 7.35. The van der Waals surface area contributed by atoms with Crippen molar-refractivity contribution in [2.24, 2.45) is 0 Å². The van der Waals surface area contributed by atoms with Crippen LogP contribution in [-0.2, 0) is 9.53 Å². The summed E-state index contributed by atoms with van der Waals surface area (Å²) < 4.78 is 4.76. The lowest BCUT2D eigenvalue weighted by Gasteiger charge is -1.93. The largest absolute Gasteiger partial charge is 0.434 e. The van der Waals surface area contributed by atoms with Crippen LogP contribution in [0.1, 0.15) is 33.1 Å². The maximum atomic E-state index is 10.8. The van der Waals surface area contributed by atoms with Crippen LogP contribution in [0.3, 0.4) is 0 Å². The number of allylic oxidation sites excluding steroid dienone is 3. The maximum Gasteiger partial charge on any atom is 0.310 e. The van der Waals surface area contributed by atoms with Crippen molar-refractivity contribution in [3.8, 4) is 0 Å². The molecule has 0 aromatic carbocycles. The van der Waals surface area contributed by atoms with Gasteiger partial charge in [-0.3, -0.25) is 4.79 Å². The van der Waals surface area contributed by atoms with Crippen molar-refractivity contribution < 1.29 is 9.53 Å². The summed E-state index contributed by atoms with van der Waals surface area (Å²) in [7, 11) is 0. The maximum absolute atomic E-state index is 10.8. The van der Waals surface area contributed by atoms with Crippen molar-refractivity contribution in [2.75, 3.05) is 0 Å². The molecule has 0 saturated carbocycles. The van der Waals surface area contributed by atoms with Gasteiger partial charge < -0.3 is 4.74 Å². The number of carbonyl (C=O) groups is 1. The van der Waals surface area contributed by atoms with Gasteiger partial charge in [-0.2, -0.15) is 0 Å². The van der Waals surface area contributed by atoms with E-state index in [1.165, 1.54) is 6.26 Å². The smallest absolute Gasteiger partial charge is 0.310 e. The quantitative estimate of drug-likeness (QED) is 0.358. The van der Waals surface area contributed by atoms with Crippen LogP contribution in [0.2, 0.25) is 0 Å². The molecule has 0 unspecified atom stereocenters. The second-order valence-corrected chi connectivity index (χ2v) is 2.40. The van der Waals surface area contributed by atoms with Crippen LogP contribution in [0.4, 0.5) is 0 Å². The summed E-state index contributed by atoms with van der Waals surface area (Å²) in [6, 6.07) is 0. The highest BCUT2D eigenvalue weighted by atomic mass is 16.5. The SMILES string of the molecule is CCC=CC=COC(=O)CCC. The number of hydrogen-bond donors (Lipinski definition) is 0. The minimum Gasteiger partial charge on any atom is -0.434 e. The minimum absolute atomic E-state index is 0.168. The van der Waals surface area contributed by atoms with E-state index in [9.17, 15) is 4.79 Å². The first kappa shape index (κ1) is 11.0. The number of ether oxygens (including phenoxy) is 1. The zero-order valence-electron chi connectivity index (χ0n) is 7.75. The molecule has 0 aliphatic heterocycles. The summed E-state index contributed by atoms with van der Waals surface area (Å²) >= 11 is 0. The fourth-order valence-electron chi connectivity index (χ4n) is 0.638. The Morgan fingerprint density at radius 2 is 2.08 bits per heavy atom. The fourth-order valence-corrected chi connectivity index (χ4v) is 0.638. The highest BCUT2D eigenvalue weighted by molar-refractivity contribution is 5.69. The molecule has 0 N–H and O–H groups in total. The first-order chi connectivity index (χ1) is 5.81. The van der Waals surface area contributed by atoms with E-state index in [0.717, 1.165) is 12.8 Å². The molecule has 0 aliphatic rings. The highest BCUT2D eigenvalue weighted by Gasteiger charge is 1.95. The molecule has 0 bridgehead atoms. The normalized spacial score (nSPS) is 11.2. The first-order valence-corrected chi connectivity index (χ1v) is 4.32. The molecule has 0 aromatic heterocycles. The summed E-state index contributed by atoms with van der Waals surface area (Å²) in [5, 5.41) is 0. The van der Waals surface area contributed by atoms with Crippen molar-refractivity contribution in [1.82, 2.24) is 0 Å². The van der Waals surface area contributed by atoms with Crippen molar-refractivity contribution >= 4 is 5.97 Å². The fraction of sp³-hybridized carbons (Fsp3) is 0.500. The molecule has 2 nitrogen and oxygen atoms in total. The van der Waals surface area contributed by atoms with Gasteiger partial charge in [0, 0.05) is 6.42 Å². The van der Waals surface area contributed by atoms with Crippen LogP contribution in [0.15, 0.2) is 24.5 Å². The van der Waals surface area contributed by atoms with Gasteiger partial charge in [-0.1, -0.05) is 26.0 Å². The number of hydrogen-bond acceptors (Lipinski definition) is 2. The average molecular weight is 168 g/mol. The molecule has 0 atom stereocenters. The molecule has 0 radical (unpaired) electrons. The standard InChI is InChI=1S/C10H16O2/c1-3-5-6-7-9-12-10(11)8-4-2/h5-7,9H,3-4,8H2,1-2H3. The molecule has 0 spiro atoms. The van der Waals surface area contributed by atoms with Gasteiger partial charge in [-0.05, 0) is 18.9 Å². The van der Waals surface area contributed by atoms with E-state index in [-0.39, 0.29) is 5.97 Å². The summed E-state index contributed by atoms with van der Waals surface area (Å²) in [5.74, 6) is -0.168. The third-order valence-electron chi connectivity index (χ3n) is 1.22. The zero-order chi connectivity index (χ0) is 9.23. The van der Waals surface area contributed by atoms with Crippen LogP contribution < -0.4 is 0 Å². The van der Waals surface area contributed by atoms with Gasteiger partial charge in [0.15, 0.2) is 0 Å². The second-order valence-electron chi connectivity index (χ2n) is 2.40. The van der Waals surface area contributed by atoms with Gasteiger partial charge in [-0.15, -0.1) is 0 Å². The molecule has 0 saturated heterocycles. The average Bonchev–Trinajstić information content (AvgIpc) is 2.05. The van der Waals surface area contributed by atoms with Crippen LogP contribution >= 0.6 is 0 Å². The van der Waals surface area contributed by atoms with E-state index in [4.69, 9.17) is 4.74 Å². The Hall–Kier alpha value is -1.05. The van der Waals surface area contributed by atoms with Crippen LogP contribution in [0.25, 0.3) is 0 Å². The van der Waals surface area contributed by atoms with Gasteiger partial charge in [0.05, 0.1) is 6.26 Å². The molecular weight excluding hydrogens is 152 g/mol. The Morgan fingerprint density at radius 3 is 2.67 bits per heavy atom. The van der Waals surface area contributed by atoms with E-state index in [0.29, 0.717) is 6.42 Å². The summed E-state index contributed by atoms with van der Waals surface area (Å²) in [6.45, 7) is 4.00. The van der Waals surface area contributed by atoms with E-state index in [1.807, 2.05) is 26.0 Å². The topological polar surface area (TPSA) is 26.3 Å². The third-order valence-corrected chi connectivity index (χ3v) is 1.22. The molecule has 0 amide bonds. The van der Waals surface area contributed by atoms with Gasteiger partial charge in [0.1, 0.15) is 0 Å². The number of rotatable bonds is 5.